The van der Waals surface area contributed by atoms with Crippen LogP contribution in [0.15, 0.2) is 59.8 Å². The van der Waals surface area contributed by atoms with Crippen LogP contribution in [-0.4, -0.2) is 36.8 Å². The van der Waals surface area contributed by atoms with E-state index in [1.165, 1.54) is 23.9 Å². The third kappa shape index (κ3) is 3.97. The third-order valence-corrected chi connectivity index (χ3v) is 7.63. The Kier molecular flexibility index (Phi) is 5.86. The number of thiazole rings is 1. The molecule has 0 radical (unpaired) electrons. The number of nitrogens with zero attached hydrogens (tertiary/aromatic N) is 4. The Hall–Kier alpha value is -3.24. The van der Waals surface area contributed by atoms with E-state index in [4.69, 9.17) is 0 Å². The standard InChI is InChI=1S/C24H20F2N4O2S2/c1-13-12-18(14(2)29(13)16-8-10-17(11-9-16)32-22(25)26)21(31)15(3)33-23-27-28-24-30(23)19-6-4-5-7-20(19)34-24/h4-12,15,22H,1-3H3. The van der Waals surface area contributed by atoms with Crippen LogP contribution >= 0.6 is 23.1 Å². The SMILES string of the molecule is Cc1cc(C(=O)C(C)Sc2nnc3sc4ccccc4n23)c(C)n1-c1ccc(OC(F)F)cc1. The summed E-state index contributed by atoms with van der Waals surface area (Å²) < 4.78 is 34.3. The summed E-state index contributed by atoms with van der Waals surface area (Å²) in [5, 5.41) is 8.88. The normalized spacial score (nSPS) is 12.6. The lowest BCUT2D eigenvalue weighted by molar-refractivity contribution is -0.0498. The lowest BCUT2D eigenvalue weighted by Crippen LogP contribution is -2.15. The molecule has 0 saturated carbocycles. The molecule has 3 aromatic heterocycles. The van der Waals surface area contributed by atoms with Crippen molar-refractivity contribution in [3.63, 3.8) is 0 Å². The number of hydrogen-bond donors (Lipinski definition) is 0. The fraction of sp³-hybridized carbons (Fsp3) is 0.208. The van der Waals surface area contributed by atoms with Crippen molar-refractivity contribution in [3.05, 3.63) is 71.5 Å². The number of carbonyl (C=O) groups is 1. The number of benzene rings is 2. The maximum Gasteiger partial charge on any atom is 0.387 e. The lowest BCUT2D eigenvalue weighted by Gasteiger charge is -2.12. The number of halogens is 2. The van der Waals surface area contributed by atoms with Gasteiger partial charge in [-0.05, 0) is 63.2 Å². The fourth-order valence-electron chi connectivity index (χ4n) is 4.05. The number of hydrogen-bond acceptors (Lipinski definition) is 6. The average molecular weight is 499 g/mol. The third-order valence-electron chi connectivity index (χ3n) is 5.58. The Labute approximate surface area is 202 Å². The van der Waals surface area contributed by atoms with Gasteiger partial charge in [-0.3, -0.25) is 9.20 Å². The molecule has 34 heavy (non-hydrogen) atoms. The zero-order valence-corrected chi connectivity index (χ0v) is 20.2. The Morgan fingerprint density at radius 2 is 1.82 bits per heavy atom. The van der Waals surface area contributed by atoms with Crippen LogP contribution in [0.5, 0.6) is 5.75 Å². The van der Waals surface area contributed by atoms with Gasteiger partial charge in [-0.1, -0.05) is 35.2 Å². The molecule has 0 N–H and O–H groups in total. The molecule has 174 valence electrons. The minimum absolute atomic E-state index is 0.0155. The molecule has 0 amide bonds. The van der Waals surface area contributed by atoms with Gasteiger partial charge in [0.15, 0.2) is 10.9 Å². The van der Waals surface area contributed by atoms with E-state index in [1.807, 2.05) is 60.1 Å². The summed E-state index contributed by atoms with van der Waals surface area (Å²) in [5.74, 6) is 0.0707. The summed E-state index contributed by atoms with van der Waals surface area (Å²) in [4.78, 5) is 14.2. The minimum Gasteiger partial charge on any atom is -0.435 e. The van der Waals surface area contributed by atoms with Crippen molar-refractivity contribution in [2.24, 2.45) is 0 Å². The number of fused-ring (bicyclic) bond motifs is 3. The van der Waals surface area contributed by atoms with E-state index in [2.05, 4.69) is 14.9 Å². The summed E-state index contributed by atoms with van der Waals surface area (Å²) >= 11 is 2.94. The number of para-hydroxylation sites is 1. The van der Waals surface area contributed by atoms with E-state index < -0.39 is 6.61 Å². The fourth-order valence-corrected chi connectivity index (χ4v) is 6.00. The average Bonchev–Trinajstić information content (AvgIpc) is 3.46. The summed E-state index contributed by atoms with van der Waals surface area (Å²) in [6.07, 6.45) is 0. The summed E-state index contributed by atoms with van der Waals surface area (Å²) in [5.41, 5.74) is 4.05. The topological polar surface area (TPSA) is 61.4 Å². The first-order valence-corrected chi connectivity index (χ1v) is 12.2. The number of Topliss-reactive ketones (excluding diaryl/α,β-unsaturated/α-hetero) is 1. The smallest absolute Gasteiger partial charge is 0.387 e. The van der Waals surface area contributed by atoms with E-state index in [0.717, 1.165) is 32.3 Å². The highest BCUT2D eigenvalue weighted by Gasteiger charge is 2.25. The molecule has 1 unspecified atom stereocenters. The highest BCUT2D eigenvalue weighted by molar-refractivity contribution is 8.00. The lowest BCUT2D eigenvalue weighted by atomic mass is 10.1. The molecule has 2 aromatic carbocycles. The van der Waals surface area contributed by atoms with Crippen LogP contribution < -0.4 is 4.74 Å². The van der Waals surface area contributed by atoms with E-state index in [9.17, 15) is 13.6 Å². The largest absolute Gasteiger partial charge is 0.435 e. The monoisotopic (exact) mass is 498 g/mol. The molecular formula is C24H20F2N4O2S2. The van der Waals surface area contributed by atoms with Gasteiger partial charge in [-0.2, -0.15) is 8.78 Å². The van der Waals surface area contributed by atoms with Gasteiger partial charge < -0.3 is 9.30 Å². The molecule has 0 spiro atoms. The highest BCUT2D eigenvalue weighted by Crippen LogP contribution is 2.33. The number of aromatic nitrogens is 4. The molecule has 0 fully saturated rings. The maximum atomic E-state index is 13.4. The molecule has 0 bridgehead atoms. The summed E-state index contributed by atoms with van der Waals surface area (Å²) in [6.45, 7) is 2.78. The second-order valence-corrected chi connectivity index (χ2v) is 10.1. The van der Waals surface area contributed by atoms with Gasteiger partial charge in [0, 0.05) is 22.6 Å². The molecule has 0 aliphatic heterocycles. The van der Waals surface area contributed by atoms with Crippen LogP contribution in [-0.2, 0) is 0 Å². The van der Waals surface area contributed by atoms with Gasteiger partial charge in [0.05, 0.1) is 15.5 Å². The van der Waals surface area contributed by atoms with Crippen molar-refractivity contribution in [2.75, 3.05) is 0 Å². The molecule has 10 heteroatoms. The Bertz CT molecular complexity index is 1510. The predicted octanol–water partition coefficient (Wildman–Crippen LogP) is 6.32. The molecule has 0 saturated heterocycles. The number of ether oxygens (including phenoxy) is 1. The van der Waals surface area contributed by atoms with Crippen LogP contribution in [0, 0.1) is 13.8 Å². The second-order valence-electron chi connectivity index (χ2n) is 7.79. The first-order chi connectivity index (χ1) is 16.3. The Morgan fingerprint density at radius 3 is 2.56 bits per heavy atom. The number of thioether (sulfide) groups is 1. The van der Waals surface area contributed by atoms with Crippen molar-refractivity contribution >= 4 is 44.1 Å². The first-order valence-electron chi connectivity index (χ1n) is 10.5. The molecule has 0 aliphatic carbocycles. The van der Waals surface area contributed by atoms with Gasteiger partial charge in [0.2, 0.25) is 4.96 Å². The highest BCUT2D eigenvalue weighted by atomic mass is 32.2. The zero-order valence-electron chi connectivity index (χ0n) is 18.5. The first kappa shape index (κ1) is 22.5. The number of aryl methyl sites for hydroxylation is 1. The van der Waals surface area contributed by atoms with E-state index >= 15 is 0 Å². The number of carbonyl (C=O) groups excluding carboxylic acids is 1. The van der Waals surface area contributed by atoms with Crippen LogP contribution in [0.25, 0.3) is 20.9 Å². The molecule has 0 aliphatic rings. The predicted molar refractivity (Wildman–Crippen MR) is 130 cm³/mol. The van der Waals surface area contributed by atoms with Crippen molar-refractivity contribution in [1.82, 2.24) is 19.2 Å². The van der Waals surface area contributed by atoms with Gasteiger partial charge in [0.25, 0.3) is 0 Å². The van der Waals surface area contributed by atoms with Crippen molar-refractivity contribution in [1.29, 1.82) is 0 Å². The van der Waals surface area contributed by atoms with Crippen LogP contribution in [0.1, 0.15) is 28.7 Å². The van der Waals surface area contributed by atoms with Gasteiger partial charge in [0.1, 0.15) is 5.75 Å². The number of ketones is 1. The zero-order chi connectivity index (χ0) is 24.0. The van der Waals surface area contributed by atoms with E-state index in [-0.39, 0.29) is 16.8 Å². The summed E-state index contributed by atoms with van der Waals surface area (Å²) in [7, 11) is 0. The van der Waals surface area contributed by atoms with Gasteiger partial charge >= 0.3 is 6.61 Å². The quantitative estimate of drug-likeness (QED) is 0.194. The van der Waals surface area contributed by atoms with Gasteiger partial charge in [-0.15, -0.1) is 10.2 Å². The van der Waals surface area contributed by atoms with Crippen molar-refractivity contribution in [2.45, 2.75) is 37.8 Å². The van der Waals surface area contributed by atoms with Gasteiger partial charge in [-0.25, -0.2) is 0 Å². The molecular weight excluding hydrogens is 478 g/mol. The Balaban J connectivity index is 1.41. The molecule has 1 atom stereocenters. The van der Waals surface area contributed by atoms with E-state index in [1.54, 1.807) is 23.5 Å². The molecule has 6 nitrogen and oxygen atoms in total. The van der Waals surface area contributed by atoms with Crippen LogP contribution in [0.4, 0.5) is 8.78 Å². The number of rotatable bonds is 7. The van der Waals surface area contributed by atoms with E-state index in [0.29, 0.717) is 10.7 Å². The molecule has 5 aromatic rings. The van der Waals surface area contributed by atoms with Crippen LogP contribution in [0.3, 0.4) is 0 Å². The molecule has 5 rings (SSSR count). The van der Waals surface area contributed by atoms with Crippen molar-refractivity contribution < 1.29 is 18.3 Å². The molecule has 3 heterocycles. The maximum absolute atomic E-state index is 13.4. The second kappa shape index (κ2) is 8.84. The summed E-state index contributed by atoms with van der Waals surface area (Å²) in [6, 6.07) is 16.2. The van der Waals surface area contributed by atoms with Crippen molar-refractivity contribution in [3.8, 4) is 11.4 Å². The number of alkyl halides is 2. The minimum atomic E-state index is -2.87. The Morgan fingerprint density at radius 1 is 1.09 bits per heavy atom. The van der Waals surface area contributed by atoms with Crippen LogP contribution in [0.2, 0.25) is 0 Å².